The Kier molecular flexibility index (Phi) is 3.57. The second-order valence-electron chi connectivity index (χ2n) is 3.72. The van der Waals surface area contributed by atoms with Crippen molar-refractivity contribution in [2.45, 2.75) is 26.1 Å². The van der Waals surface area contributed by atoms with Crippen LogP contribution in [-0.4, -0.2) is 6.04 Å². The van der Waals surface area contributed by atoms with E-state index < -0.39 is 11.7 Å². The van der Waals surface area contributed by atoms with E-state index in [9.17, 15) is 13.2 Å². The molecular formula is C10H12ClF3N2. The highest BCUT2D eigenvalue weighted by molar-refractivity contribution is 6.34. The molecule has 0 aromatic heterocycles. The van der Waals surface area contributed by atoms with Crippen LogP contribution in [0.15, 0.2) is 12.1 Å². The molecule has 0 bridgehead atoms. The number of nitrogen functional groups attached to an aromatic ring is 1. The fourth-order valence-electron chi connectivity index (χ4n) is 1.23. The maximum atomic E-state index is 12.4. The molecule has 0 amide bonds. The molecule has 0 saturated carbocycles. The Balaban J connectivity index is 3.18. The van der Waals surface area contributed by atoms with Gasteiger partial charge in [0.1, 0.15) is 0 Å². The van der Waals surface area contributed by atoms with Crippen LogP contribution in [0, 0.1) is 0 Å². The molecule has 0 atom stereocenters. The van der Waals surface area contributed by atoms with Gasteiger partial charge in [-0.1, -0.05) is 11.6 Å². The van der Waals surface area contributed by atoms with Crippen LogP contribution >= 0.6 is 11.6 Å². The lowest BCUT2D eigenvalue weighted by Crippen LogP contribution is -2.13. The molecule has 0 unspecified atom stereocenters. The Labute approximate surface area is 96.6 Å². The second kappa shape index (κ2) is 4.41. The van der Waals surface area contributed by atoms with E-state index in [0.29, 0.717) is 5.69 Å². The zero-order valence-corrected chi connectivity index (χ0v) is 9.58. The van der Waals surface area contributed by atoms with Crippen LogP contribution in [0.2, 0.25) is 5.02 Å². The fraction of sp³-hybridized carbons (Fsp3) is 0.400. The third-order valence-electron chi connectivity index (χ3n) is 1.88. The number of benzene rings is 1. The van der Waals surface area contributed by atoms with Crippen LogP contribution in [0.25, 0.3) is 0 Å². The van der Waals surface area contributed by atoms with E-state index >= 15 is 0 Å². The van der Waals surface area contributed by atoms with Gasteiger partial charge in [0, 0.05) is 6.04 Å². The molecule has 0 spiro atoms. The first-order valence-electron chi connectivity index (χ1n) is 4.64. The Morgan fingerprint density at radius 2 is 1.88 bits per heavy atom. The largest absolute Gasteiger partial charge is 0.416 e. The number of hydrogen-bond donors (Lipinski definition) is 2. The van der Waals surface area contributed by atoms with Gasteiger partial charge in [-0.2, -0.15) is 13.2 Å². The average molecular weight is 253 g/mol. The molecule has 0 aliphatic carbocycles. The van der Waals surface area contributed by atoms with Gasteiger partial charge in [0.15, 0.2) is 0 Å². The molecule has 1 rings (SSSR count). The van der Waals surface area contributed by atoms with Crippen LogP contribution in [-0.2, 0) is 6.18 Å². The molecule has 16 heavy (non-hydrogen) atoms. The summed E-state index contributed by atoms with van der Waals surface area (Å²) in [4.78, 5) is 0. The van der Waals surface area contributed by atoms with Gasteiger partial charge >= 0.3 is 6.18 Å². The van der Waals surface area contributed by atoms with Crippen molar-refractivity contribution < 1.29 is 13.2 Å². The SMILES string of the molecule is CC(C)Nc1c(N)cc(C(F)(F)F)cc1Cl. The molecule has 0 saturated heterocycles. The number of nitrogens with two attached hydrogens (primary N) is 1. The first kappa shape index (κ1) is 13.0. The second-order valence-corrected chi connectivity index (χ2v) is 4.13. The summed E-state index contributed by atoms with van der Waals surface area (Å²) in [5, 5.41) is 2.87. The number of halogens is 4. The molecule has 3 N–H and O–H groups in total. The van der Waals surface area contributed by atoms with E-state index in [4.69, 9.17) is 17.3 Å². The first-order chi connectivity index (χ1) is 7.21. The zero-order valence-electron chi connectivity index (χ0n) is 8.82. The molecule has 1 aromatic rings. The predicted octanol–water partition coefficient (Wildman–Crippen LogP) is 3.76. The van der Waals surface area contributed by atoms with Gasteiger partial charge < -0.3 is 11.1 Å². The van der Waals surface area contributed by atoms with E-state index in [1.165, 1.54) is 0 Å². The summed E-state index contributed by atoms with van der Waals surface area (Å²) < 4.78 is 37.2. The molecular weight excluding hydrogens is 241 g/mol. The van der Waals surface area contributed by atoms with Crippen LogP contribution < -0.4 is 11.1 Å². The predicted molar refractivity (Wildman–Crippen MR) is 59.6 cm³/mol. The van der Waals surface area contributed by atoms with Crippen molar-refractivity contribution in [1.82, 2.24) is 0 Å². The normalized spacial score (nSPS) is 11.9. The molecule has 90 valence electrons. The van der Waals surface area contributed by atoms with E-state index in [1.54, 1.807) is 0 Å². The molecule has 0 heterocycles. The van der Waals surface area contributed by atoms with Crippen molar-refractivity contribution in [3.8, 4) is 0 Å². The molecule has 0 aliphatic rings. The summed E-state index contributed by atoms with van der Waals surface area (Å²) in [6.45, 7) is 3.68. The van der Waals surface area contributed by atoms with E-state index in [-0.39, 0.29) is 16.8 Å². The highest BCUT2D eigenvalue weighted by atomic mass is 35.5. The molecule has 0 radical (unpaired) electrons. The quantitative estimate of drug-likeness (QED) is 0.787. The highest BCUT2D eigenvalue weighted by Gasteiger charge is 2.31. The summed E-state index contributed by atoms with van der Waals surface area (Å²) in [7, 11) is 0. The van der Waals surface area contributed by atoms with Crippen LogP contribution in [0.1, 0.15) is 19.4 Å². The summed E-state index contributed by atoms with van der Waals surface area (Å²) in [6.07, 6.45) is -4.44. The highest BCUT2D eigenvalue weighted by Crippen LogP contribution is 2.37. The minimum atomic E-state index is -4.44. The van der Waals surface area contributed by atoms with Crippen molar-refractivity contribution in [1.29, 1.82) is 0 Å². The van der Waals surface area contributed by atoms with Gasteiger partial charge in [-0.25, -0.2) is 0 Å². The smallest absolute Gasteiger partial charge is 0.397 e. The topological polar surface area (TPSA) is 38.0 Å². The monoisotopic (exact) mass is 252 g/mol. The lowest BCUT2D eigenvalue weighted by Gasteiger charge is -2.16. The summed E-state index contributed by atoms with van der Waals surface area (Å²) in [6, 6.07) is 1.77. The minimum absolute atomic E-state index is 0.00600. The number of hydrogen-bond acceptors (Lipinski definition) is 2. The van der Waals surface area contributed by atoms with E-state index in [2.05, 4.69) is 5.32 Å². The van der Waals surface area contributed by atoms with Crippen molar-refractivity contribution in [3.63, 3.8) is 0 Å². The van der Waals surface area contributed by atoms with E-state index in [1.807, 2.05) is 13.8 Å². The van der Waals surface area contributed by atoms with Crippen LogP contribution in [0.3, 0.4) is 0 Å². The number of rotatable bonds is 2. The van der Waals surface area contributed by atoms with Crippen LogP contribution in [0.5, 0.6) is 0 Å². The maximum Gasteiger partial charge on any atom is 0.416 e. The van der Waals surface area contributed by atoms with E-state index in [0.717, 1.165) is 12.1 Å². The number of nitrogens with one attached hydrogen (secondary N) is 1. The van der Waals surface area contributed by atoms with Gasteiger partial charge in [0.25, 0.3) is 0 Å². The Morgan fingerprint density at radius 1 is 1.31 bits per heavy atom. The fourth-order valence-corrected chi connectivity index (χ4v) is 1.51. The average Bonchev–Trinajstić information content (AvgIpc) is 2.09. The summed E-state index contributed by atoms with van der Waals surface area (Å²) in [5.74, 6) is 0. The van der Waals surface area contributed by atoms with Gasteiger partial charge in [0.05, 0.1) is 22.0 Å². The number of alkyl halides is 3. The minimum Gasteiger partial charge on any atom is -0.397 e. The third kappa shape index (κ3) is 2.95. The number of anilines is 2. The molecule has 2 nitrogen and oxygen atoms in total. The Morgan fingerprint density at radius 3 is 2.25 bits per heavy atom. The Bertz CT molecular complexity index is 365. The summed E-state index contributed by atoms with van der Waals surface area (Å²) in [5.41, 5.74) is 5.01. The van der Waals surface area contributed by atoms with Gasteiger partial charge in [0.2, 0.25) is 0 Å². The van der Waals surface area contributed by atoms with Crippen molar-refractivity contribution in [2.24, 2.45) is 0 Å². The van der Waals surface area contributed by atoms with Crippen molar-refractivity contribution in [2.75, 3.05) is 11.1 Å². The Hall–Kier alpha value is -1.10. The lowest BCUT2D eigenvalue weighted by molar-refractivity contribution is -0.137. The van der Waals surface area contributed by atoms with Crippen LogP contribution in [0.4, 0.5) is 24.5 Å². The zero-order chi connectivity index (χ0) is 12.5. The maximum absolute atomic E-state index is 12.4. The molecule has 6 heteroatoms. The lowest BCUT2D eigenvalue weighted by atomic mass is 10.1. The van der Waals surface area contributed by atoms with Crippen molar-refractivity contribution in [3.05, 3.63) is 22.7 Å². The summed E-state index contributed by atoms with van der Waals surface area (Å²) >= 11 is 5.74. The molecule has 0 aliphatic heterocycles. The standard InChI is InChI=1S/C10H12ClF3N2/c1-5(2)16-9-7(11)3-6(4-8(9)15)10(12,13)14/h3-5,16H,15H2,1-2H3. The first-order valence-corrected chi connectivity index (χ1v) is 5.02. The third-order valence-corrected chi connectivity index (χ3v) is 2.18. The van der Waals surface area contributed by atoms with Gasteiger partial charge in [-0.05, 0) is 26.0 Å². The molecule has 1 aromatic carbocycles. The van der Waals surface area contributed by atoms with Gasteiger partial charge in [-0.3, -0.25) is 0 Å². The molecule has 0 fully saturated rings. The van der Waals surface area contributed by atoms with Gasteiger partial charge in [-0.15, -0.1) is 0 Å². The van der Waals surface area contributed by atoms with Crippen molar-refractivity contribution >= 4 is 23.0 Å².